The normalized spacial score (nSPS) is 13.3. The first-order valence-corrected chi connectivity index (χ1v) is 5.05. The zero-order valence-electron chi connectivity index (χ0n) is 7.61. The summed E-state index contributed by atoms with van der Waals surface area (Å²) in [6, 6.07) is 3.43. The largest absolute Gasteiger partial charge is 0.458 e. The Morgan fingerprint density at radius 2 is 1.75 bits per heavy atom. The molecule has 85 valence electrons. The van der Waals surface area contributed by atoms with Gasteiger partial charge in [-0.25, -0.2) is 0 Å². The van der Waals surface area contributed by atoms with E-state index < -0.39 is 17.7 Å². The molecule has 1 aromatic carbocycles. The van der Waals surface area contributed by atoms with Crippen molar-refractivity contribution in [3.8, 4) is 0 Å². The fourth-order valence-corrected chi connectivity index (χ4v) is 2.08. The number of hydrogen-bond acceptors (Lipinski definition) is 1. The van der Waals surface area contributed by atoms with Crippen molar-refractivity contribution in [1.82, 2.24) is 0 Å². The number of alkyl halides is 5. The zero-order valence-corrected chi connectivity index (χ0v) is 8.42. The molecule has 0 atom stereocenters. The highest BCUT2D eigenvalue weighted by Gasteiger charge is 2.59. The van der Waals surface area contributed by atoms with Crippen molar-refractivity contribution in [2.45, 2.75) is 12.1 Å². The minimum atomic E-state index is -5.59. The van der Waals surface area contributed by atoms with Crippen LogP contribution < -0.4 is 0 Å². The molecule has 16 heavy (non-hydrogen) atoms. The predicted molar refractivity (Wildman–Crippen MR) is 50.6 cm³/mol. The molecule has 0 saturated carbocycles. The van der Waals surface area contributed by atoms with E-state index >= 15 is 0 Å². The summed E-state index contributed by atoms with van der Waals surface area (Å²) in [5.74, 6) is -4.84. The van der Waals surface area contributed by atoms with Crippen LogP contribution in [0.15, 0.2) is 23.6 Å². The summed E-state index contributed by atoms with van der Waals surface area (Å²) < 4.78 is 62.8. The Labute approximate surface area is 91.3 Å². The van der Waals surface area contributed by atoms with Crippen molar-refractivity contribution in [1.29, 1.82) is 0 Å². The Hall–Kier alpha value is -1.17. The van der Waals surface area contributed by atoms with Crippen LogP contribution in [-0.4, -0.2) is 6.18 Å². The predicted octanol–water partition coefficient (Wildman–Crippen LogP) is 4.36. The summed E-state index contributed by atoms with van der Waals surface area (Å²) in [6.45, 7) is 0. The monoisotopic (exact) mass is 251 g/mol. The maximum atomic E-state index is 13.1. The number of halogens is 5. The maximum absolute atomic E-state index is 13.1. The van der Waals surface area contributed by atoms with Crippen molar-refractivity contribution >= 4 is 22.1 Å². The van der Waals surface area contributed by atoms with Crippen molar-refractivity contribution in [2.24, 2.45) is 0 Å². The molecular weight excluding hydrogens is 247 g/mol. The van der Waals surface area contributed by atoms with Gasteiger partial charge < -0.3 is 0 Å². The van der Waals surface area contributed by atoms with Gasteiger partial charge in [0, 0.05) is 10.9 Å². The lowest BCUT2D eigenvalue weighted by Crippen LogP contribution is -2.33. The molecule has 0 nitrogen and oxygen atoms in total. The van der Waals surface area contributed by atoms with Crippen molar-refractivity contribution in [3.63, 3.8) is 0 Å². The second kappa shape index (κ2) is 3.41. The molecule has 0 aliphatic rings. The van der Waals surface area contributed by atoms with Crippen LogP contribution in [0.5, 0.6) is 0 Å². The average Bonchev–Trinajstić information content (AvgIpc) is 2.62. The van der Waals surface area contributed by atoms with Crippen LogP contribution in [0.4, 0.5) is 22.0 Å². The number of thiophene rings is 1. The van der Waals surface area contributed by atoms with E-state index in [-0.39, 0.29) is 5.39 Å². The second-order valence-corrected chi connectivity index (χ2v) is 3.86. The molecule has 2 rings (SSSR count). The summed E-state index contributed by atoms with van der Waals surface area (Å²) in [5, 5.41) is 4.07. The standard InChI is InChI=1S/C10H4F5S/c11-9(12,10(13,14)15)8-3-1-2-6-4-16-5-7(6)8/h1-4H. The maximum Gasteiger partial charge on any atom is 0.458 e. The molecule has 0 amide bonds. The van der Waals surface area contributed by atoms with Crippen molar-refractivity contribution in [3.05, 3.63) is 34.5 Å². The minimum Gasteiger partial charge on any atom is -0.191 e. The quantitative estimate of drug-likeness (QED) is 0.661. The first-order valence-electron chi connectivity index (χ1n) is 4.17. The van der Waals surface area contributed by atoms with Gasteiger partial charge in [-0.2, -0.15) is 22.0 Å². The Bertz CT molecular complexity index is 511. The lowest BCUT2D eigenvalue weighted by molar-refractivity contribution is -0.288. The van der Waals surface area contributed by atoms with Gasteiger partial charge in [-0.1, -0.05) is 18.2 Å². The zero-order chi connectivity index (χ0) is 12.0. The van der Waals surface area contributed by atoms with Gasteiger partial charge in [-0.05, 0) is 10.8 Å². The van der Waals surface area contributed by atoms with Gasteiger partial charge in [0.25, 0.3) is 0 Å². The van der Waals surface area contributed by atoms with Gasteiger partial charge >= 0.3 is 12.1 Å². The lowest BCUT2D eigenvalue weighted by atomic mass is 10.0. The number of benzene rings is 1. The lowest BCUT2D eigenvalue weighted by Gasteiger charge is -2.20. The second-order valence-electron chi connectivity index (χ2n) is 3.18. The molecule has 0 N–H and O–H groups in total. The van der Waals surface area contributed by atoms with Crippen LogP contribution >= 0.6 is 11.3 Å². The van der Waals surface area contributed by atoms with Gasteiger partial charge in [0.15, 0.2) is 0 Å². The smallest absolute Gasteiger partial charge is 0.191 e. The Morgan fingerprint density at radius 1 is 1.06 bits per heavy atom. The van der Waals surface area contributed by atoms with E-state index in [4.69, 9.17) is 0 Å². The van der Waals surface area contributed by atoms with Gasteiger partial charge in [-0.15, -0.1) is 11.3 Å². The van der Waals surface area contributed by atoms with Crippen LogP contribution in [0, 0.1) is 5.38 Å². The molecule has 0 saturated heterocycles. The van der Waals surface area contributed by atoms with Crippen LogP contribution in [0.1, 0.15) is 5.56 Å². The summed E-state index contributed by atoms with van der Waals surface area (Å²) in [5.41, 5.74) is -1.04. The van der Waals surface area contributed by atoms with Crippen LogP contribution in [0.25, 0.3) is 10.8 Å². The summed E-state index contributed by atoms with van der Waals surface area (Å²) in [6.07, 6.45) is -5.59. The molecule has 0 spiro atoms. The van der Waals surface area contributed by atoms with Gasteiger partial charge in [-0.3, -0.25) is 0 Å². The highest BCUT2D eigenvalue weighted by atomic mass is 32.1. The Kier molecular flexibility index (Phi) is 2.41. The molecule has 0 bridgehead atoms. The van der Waals surface area contributed by atoms with Crippen LogP contribution in [0.3, 0.4) is 0 Å². The van der Waals surface area contributed by atoms with Crippen LogP contribution in [0.2, 0.25) is 0 Å². The summed E-state index contributed by atoms with van der Waals surface area (Å²) in [4.78, 5) is 0. The number of rotatable bonds is 1. The van der Waals surface area contributed by atoms with Crippen molar-refractivity contribution in [2.75, 3.05) is 0 Å². The Balaban J connectivity index is 2.68. The minimum absolute atomic E-state index is 0.171. The SMILES string of the molecule is FC(F)(F)C(F)(F)c1cccc2cs[c]c12. The van der Waals surface area contributed by atoms with Gasteiger partial charge in [0.2, 0.25) is 0 Å². The van der Waals surface area contributed by atoms with E-state index in [2.05, 4.69) is 5.38 Å². The molecule has 1 heterocycles. The highest BCUT2D eigenvalue weighted by molar-refractivity contribution is 7.08. The molecule has 0 unspecified atom stereocenters. The first kappa shape index (κ1) is 11.3. The van der Waals surface area contributed by atoms with E-state index in [9.17, 15) is 22.0 Å². The molecule has 2 aromatic rings. The van der Waals surface area contributed by atoms with Gasteiger partial charge in [0.05, 0.1) is 5.38 Å². The third-order valence-corrected chi connectivity index (χ3v) is 2.83. The molecule has 0 aliphatic heterocycles. The molecular formula is C10H4F5S. The molecule has 1 radical (unpaired) electrons. The first-order chi connectivity index (χ1) is 7.34. The van der Waals surface area contributed by atoms with E-state index in [1.54, 1.807) is 0 Å². The van der Waals surface area contributed by atoms with Crippen LogP contribution in [-0.2, 0) is 5.92 Å². The number of fused-ring (bicyclic) bond motifs is 1. The number of hydrogen-bond donors (Lipinski definition) is 0. The fourth-order valence-electron chi connectivity index (χ4n) is 1.35. The van der Waals surface area contributed by atoms with E-state index in [1.165, 1.54) is 17.5 Å². The topological polar surface area (TPSA) is 0 Å². The fraction of sp³-hybridized carbons (Fsp3) is 0.200. The summed E-state index contributed by atoms with van der Waals surface area (Å²) in [7, 11) is 0. The molecule has 1 aromatic heterocycles. The molecule has 0 aliphatic carbocycles. The van der Waals surface area contributed by atoms with Crippen molar-refractivity contribution < 1.29 is 22.0 Å². The Morgan fingerprint density at radius 3 is 2.38 bits per heavy atom. The average molecular weight is 251 g/mol. The van der Waals surface area contributed by atoms with E-state index in [0.717, 1.165) is 17.4 Å². The van der Waals surface area contributed by atoms with E-state index in [1.807, 2.05) is 0 Å². The van der Waals surface area contributed by atoms with E-state index in [0.29, 0.717) is 5.39 Å². The summed E-state index contributed by atoms with van der Waals surface area (Å²) >= 11 is 0.968. The molecule has 0 fully saturated rings. The molecule has 6 heteroatoms. The third-order valence-electron chi connectivity index (χ3n) is 2.14. The third kappa shape index (κ3) is 1.57. The van der Waals surface area contributed by atoms with Gasteiger partial charge in [0.1, 0.15) is 0 Å². The highest BCUT2D eigenvalue weighted by Crippen LogP contribution is 2.46.